The highest BCUT2D eigenvalue weighted by Gasteiger charge is 2.22. The average Bonchev–Trinajstić information content (AvgIpc) is 3.40. The summed E-state index contributed by atoms with van der Waals surface area (Å²) < 4.78 is 22.6. The van der Waals surface area contributed by atoms with Crippen LogP contribution in [-0.4, -0.2) is 82.3 Å². The lowest BCUT2D eigenvalue weighted by Gasteiger charge is -2.26. The van der Waals surface area contributed by atoms with Crippen molar-refractivity contribution < 1.29 is 42.9 Å². The molecule has 0 amide bonds. The van der Waals surface area contributed by atoms with E-state index in [-0.39, 0.29) is 38.6 Å². The molecule has 0 heterocycles. The van der Waals surface area contributed by atoms with Gasteiger partial charge in [0.25, 0.3) is 0 Å². The molecule has 0 fully saturated rings. The van der Waals surface area contributed by atoms with Gasteiger partial charge < -0.3 is 33.3 Å². The van der Waals surface area contributed by atoms with E-state index in [1.54, 1.807) is 0 Å². The van der Waals surface area contributed by atoms with Crippen molar-refractivity contribution in [2.75, 3.05) is 47.5 Å². The van der Waals surface area contributed by atoms with Gasteiger partial charge in [-0.15, -0.1) is 0 Å². The van der Waals surface area contributed by atoms with Crippen LogP contribution in [0.5, 0.6) is 0 Å². The number of likely N-dealkylation sites (N-methyl/N-ethyl adjacent to an activating group) is 1. The van der Waals surface area contributed by atoms with E-state index in [4.69, 9.17) is 18.9 Å². The van der Waals surface area contributed by atoms with E-state index in [1.807, 2.05) is 21.1 Å². The van der Waals surface area contributed by atoms with Crippen molar-refractivity contribution in [3.8, 4) is 0 Å². The zero-order chi connectivity index (χ0) is 56.2. The zero-order valence-corrected chi connectivity index (χ0v) is 49.5. The van der Waals surface area contributed by atoms with Crippen LogP contribution in [0.15, 0.2) is 134 Å². The number of hydrogen-bond donors (Lipinski definition) is 0. The predicted molar refractivity (Wildman–Crippen MR) is 324 cm³/mol. The molecule has 0 aromatic heterocycles. The van der Waals surface area contributed by atoms with E-state index in [0.29, 0.717) is 17.4 Å². The van der Waals surface area contributed by atoms with Gasteiger partial charge in [-0.25, -0.2) is 0 Å². The summed E-state index contributed by atoms with van der Waals surface area (Å²) >= 11 is 0. The van der Waals surface area contributed by atoms with Crippen molar-refractivity contribution in [3.05, 3.63) is 134 Å². The zero-order valence-electron chi connectivity index (χ0n) is 49.5. The van der Waals surface area contributed by atoms with Crippen LogP contribution in [-0.2, 0) is 33.3 Å². The Morgan fingerprint density at radius 2 is 0.740 bits per heavy atom. The molecule has 0 N–H and O–H groups in total. The van der Waals surface area contributed by atoms with Crippen molar-refractivity contribution in [3.63, 3.8) is 0 Å². The van der Waals surface area contributed by atoms with E-state index in [1.165, 1.54) is 51.4 Å². The number of carboxylic acids is 1. The Hall–Kier alpha value is -4.57. The van der Waals surface area contributed by atoms with Gasteiger partial charge in [0.2, 0.25) is 0 Å². The van der Waals surface area contributed by atoms with Gasteiger partial charge in [-0.3, -0.25) is 9.59 Å². The minimum absolute atomic E-state index is 0.140. The fraction of sp³-hybridized carbons (Fsp3) is 0.632. The Bertz CT molecular complexity index is 1720. The number of aliphatic carboxylic acids is 1. The molecule has 0 aromatic carbocycles. The molecule has 0 rings (SSSR count). The number of allylic oxidation sites excluding steroid dienone is 22. The predicted octanol–water partition coefficient (Wildman–Crippen LogP) is 16.9. The maximum absolute atomic E-state index is 12.8. The van der Waals surface area contributed by atoms with Crippen molar-refractivity contribution in [1.82, 2.24) is 0 Å². The summed E-state index contributed by atoms with van der Waals surface area (Å²) in [5, 5.41) is 11.7. The second kappa shape index (κ2) is 57.6. The van der Waals surface area contributed by atoms with Gasteiger partial charge in [0.05, 0.1) is 40.3 Å². The summed E-state index contributed by atoms with van der Waals surface area (Å²) in [7, 11) is 5.90. The molecular weight excluding hydrogens is 959 g/mol. The van der Waals surface area contributed by atoms with Gasteiger partial charge in [-0.1, -0.05) is 231 Å². The Morgan fingerprint density at radius 1 is 0.403 bits per heavy atom. The number of nitrogens with zero attached hydrogens (tertiary/aromatic N) is 1. The molecule has 0 aromatic rings. The Morgan fingerprint density at radius 3 is 1.12 bits per heavy atom. The van der Waals surface area contributed by atoms with Gasteiger partial charge in [0, 0.05) is 12.8 Å². The number of rotatable bonds is 54. The topological polar surface area (TPSA) is 111 Å². The smallest absolute Gasteiger partial charge is 0.306 e. The molecule has 9 nitrogen and oxygen atoms in total. The van der Waals surface area contributed by atoms with Gasteiger partial charge in [-0.05, 0) is 109 Å². The molecule has 0 aliphatic heterocycles. The number of hydrogen-bond acceptors (Lipinski definition) is 8. The number of carbonyl (C=O) groups is 3. The van der Waals surface area contributed by atoms with E-state index in [0.717, 1.165) is 135 Å². The molecule has 0 spiro atoms. The van der Waals surface area contributed by atoms with Gasteiger partial charge in [-0.2, -0.15) is 0 Å². The van der Waals surface area contributed by atoms with Gasteiger partial charge in [0.1, 0.15) is 13.2 Å². The number of carboxylic acid groups (broad SMARTS) is 1. The van der Waals surface area contributed by atoms with E-state index >= 15 is 0 Å². The first-order valence-electron chi connectivity index (χ1n) is 30.3. The highest BCUT2D eigenvalue weighted by molar-refractivity contribution is 5.70. The quantitative estimate of drug-likeness (QED) is 0.0195. The number of quaternary nitrogens is 1. The SMILES string of the molecule is CC/C=C\C/C=C\C/C=C\C/C=C\C/C=C\C/C=C\C/C=C\C/C=C\C/C=C\C/C=C\CCCCCCCCCCCCC(=O)OC(COC(=O)CCCCCCC/C=C\CCCC)COC(OCC[N+](C)(C)C)C(=O)[O-]. The first-order chi connectivity index (χ1) is 37.6. The van der Waals surface area contributed by atoms with Gasteiger partial charge >= 0.3 is 11.9 Å². The molecule has 0 saturated carbocycles. The highest BCUT2D eigenvalue weighted by atomic mass is 16.7. The summed E-state index contributed by atoms with van der Waals surface area (Å²) in [5.74, 6) is -2.31. The molecule has 436 valence electrons. The largest absolute Gasteiger partial charge is 0.545 e. The van der Waals surface area contributed by atoms with Crippen LogP contribution in [0.4, 0.5) is 0 Å². The second-order valence-electron chi connectivity index (χ2n) is 20.9. The summed E-state index contributed by atoms with van der Waals surface area (Å²) in [4.78, 5) is 37.1. The lowest BCUT2D eigenvalue weighted by molar-refractivity contribution is -0.870. The standard InChI is InChI=1S/C68H111NO8/c1-6-8-10-12-14-16-18-19-20-21-22-23-24-25-26-27-28-29-30-31-32-33-34-35-36-37-38-39-40-41-42-43-44-45-46-47-49-51-53-55-57-59-66(71)77-64(63-76-68(67(72)73)74-61-60-69(3,4)5)62-75-65(70)58-56-54-52-50-48-17-15-13-11-9-7-2/h8,10,13-16,19-20,22-23,25-26,28-29,31-32,34-35,37-38,40-41,64,68H,6-7,9,11-12,17-18,21,24,27,30,33,36,39,42-63H2,1-5H3/b10-8-,15-13-,16-14-,20-19-,23-22-,26-25-,29-28-,32-31-,35-34-,38-37-,41-40-. The van der Waals surface area contributed by atoms with Crippen molar-refractivity contribution in [1.29, 1.82) is 0 Å². The molecule has 0 saturated heterocycles. The minimum Gasteiger partial charge on any atom is -0.545 e. The molecule has 77 heavy (non-hydrogen) atoms. The maximum Gasteiger partial charge on any atom is 0.306 e. The molecule has 2 unspecified atom stereocenters. The van der Waals surface area contributed by atoms with Crippen molar-refractivity contribution in [2.45, 2.75) is 232 Å². The van der Waals surface area contributed by atoms with E-state index in [2.05, 4.69) is 148 Å². The fourth-order valence-electron chi connectivity index (χ4n) is 7.72. The molecule has 2 atom stereocenters. The van der Waals surface area contributed by atoms with Crippen LogP contribution in [0.25, 0.3) is 0 Å². The van der Waals surface area contributed by atoms with Gasteiger partial charge in [0.15, 0.2) is 12.4 Å². The molecular formula is C68H111NO8. The van der Waals surface area contributed by atoms with Crippen LogP contribution in [0.3, 0.4) is 0 Å². The Balaban J connectivity index is 4.10. The minimum atomic E-state index is -1.63. The third kappa shape index (κ3) is 58.9. The van der Waals surface area contributed by atoms with Crippen molar-refractivity contribution >= 4 is 17.9 Å². The van der Waals surface area contributed by atoms with Crippen molar-refractivity contribution in [2.24, 2.45) is 0 Å². The Kier molecular flexibility index (Phi) is 54.2. The number of carbonyl (C=O) groups excluding carboxylic acids is 3. The van der Waals surface area contributed by atoms with Crippen LogP contribution in [0.1, 0.15) is 219 Å². The lowest BCUT2D eigenvalue weighted by atomic mass is 10.0. The number of esters is 2. The number of ether oxygens (including phenoxy) is 4. The van der Waals surface area contributed by atoms with Crippen LogP contribution < -0.4 is 5.11 Å². The monoisotopic (exact) mass is 1070 g/mol. The van der Waals surface area contributed by atoms with Crippen LogP contribution in [0.2, 0.25) is 0 Å². The third-order valence-electron chi connectivity index (χ3n) is 12.4. The molecule has 0 aliphatic carbocycles. The molecule has 0 radical (unpaired) electrons. The van der Waals surface area contributed by atoms with E-state index in [9.17, 15) is 19.5 Å². The summed E-state index contributed by atoms with van der Waals surface area (Å²) in [6.07, 6.45) is 79.5. The third-order valence-corrected chi connectivity index (χ3v) is 12.4. The first kappa shape index (κ1) is 72.4. The first-order valence-corrected chi connectivity index (χ1v) is 30.3. The average molecular weight is 1070 g/mol. The summed E-state index contributed by atoms with van der Waals surface area (Å²) in [6, 6.07) is 0. The maximum atomic E-state index is 12.8. The normalized spacial score (nSPS) is 13.7. The van der Waals surface area contributed by atoms with E-state index < -0.39 is 24.3 Å². The highest BCUT2D eigenvalue weighted by Crippen LogP contribution is 2.14. The van der Waals surface area contributed by atoms with Crippen LogP contribution in [0, 0.1) is 0 Å². The summed E-state index contributed by atoms with van der Waals surface area (Å²) in [6.45, 7) is 4.55. The molecule has 0 aliphatic rings. The molecule has 9 heteroatoms. The Labute approximate surface area is 471 Å². The fourth-order valence-corrected chi connectivity index (χ4v) is 7.72. The van der Waals surface area contributed by atoms with Crippen LogP contribution >= 0.6 is 0 Å². The molecule has 0 bridgehead atoms. The second-order valence-corrected chi connectivity index (χ2v) is 20.9. The lowest BCUT2D eigenvalue weighted by Crippen LogP contribution is -2.44. The summed E-state index contributed by atoms with van der Waals surface area (Å²) in [5.41, 5.74) is 0. The number of unbranched alkanes of at least 4 members (excludes halogenated alkanes) is 17.